The highest BCUT2D eigenvalue weighted by Gasteiger charge is 2.14. The summed E-state index contributed by atoms with van der Waals surface area (Å²) < 4.78 is 16.3. The molecule has 2 rings (SSSR count). The summed E-state index contributed by atoms with van der Waals surface area (Å²) in [4.78, 5) is 0. The first-order chi connectivity index (χ1) is 6.81. The Bertz CT molecular complexity index is 374. The van der Waals surface area contributed by atoms with Gasteiger partial charge in [-0.25, -0.2) is 0 Å². The van der Waals surface area contributed by atoms with Crippen LogP contribution in [0, 0.1) is 0 Å². The summed E-state index contributed by atoms with van der Waals surface area (Å²) in [5.41, 5.74) is 0.996. The molecule has 1 aliphatic rings. The number of methoxy groups -OCH3 is 1. The predicted octanol–water partition coefficient (Wildman–Crippen LogP) is 2.79. The number of hydrogen-bond acceptors (Lipinski definition) is 3. The van der Waals surface area contributed by atoms with Gasteiger partial charge >= 0.3 is 0 Å². The Morgan fingerprint density at radius 1 is 1.36 bits per heavy atom. The van der Waals surface area contributed by atoms with Crippen LogP contribution in [0.4, 0.5) is 0 Å². The van der Waals surface area contributed by atoms with E-state index in [0.29, 0.717) is 6.79 Å². The van der Waals surface area contributed by atoms with Crippen LogP contribution in [0.3, 0.4) is 0 Å². The van der Waals surface area contributed by atoms with Gasteiger partial charge in [-0.15, -0.1) is 0 Å². The topological polar surface area (TPSA) is 27.7 Å². The smallest absolute Gasteiger partial charge is 0.231 e. The van der Waals surface area contributed by atoms with Crippen molar-refractivity contribution in [1.29, 1.82) is 0 Å². The van der Waals surface area contributed by atoms with E-state index in [0.717, 1.165) is 21.5 Å². The normalized spacial score (nSPS) is 13.6. The molecule has 0 aromatic heterocycles. The van der Waals surface area contributed by atoms with Crippen LogP contribution in [0.1, 0.15) is 5.56 Å². The molecule has 3 nitrogen and oxygen atoms in total. The van der Waals surface area contributed by atoms with Crippen molar-refractivity contribution in [2.75, 3.05) is 13.9 Å². The van der Waals surface area contributed by atoms with Gasteiger partial charge < -0.3 is 14.2 Å². The number of rotatable bonds is 2. The number of hydrogen-bond donors (Lipinski definition) is 0. The standard InChI is InChI=1S/C10H9BrO3/c1-12-3-2-7-4-9-10(5-8(7)11)14-6-13-9/h2-5H,6H2,1H3/b3-2+. The van der Waals surface area contributed by atoms with Crippen LogP contribution < -0.4 is 9.47 Å². The minimum Gasteiger partial charge on any atom is -0.504 e. The molecule has 1 aromatic carbocycles. The number of benzene rings is 1. The highest BCUT2D eigenvalue weighted by atomic mass is 79.9. The zero-order chi connectivity index (χ0) is 9.97. The van der Waals surface area contributed by atoms with Gasteiger partial charge in [0.2, 0.25) is 6.79 Å². The molecular weight excluding hydrogens is 248 g/mol. The van der Waals surface area contributed by atoms with Crippen molar-refractivity contribution in [2.45, 2.75) is 0 Å². The van der Waals surface area contributed by atoms with Gasteiger partial charge in [0.1, 0.15) is 0 Å². The molecule has 0 radical (unpaired) electrons. The molecule has 74 valence electrons. The van der Waals surface area contributed by atoms with E-state index < -0.39 is 0 Å². The first kappa shape index (κ1) is 9.40. The van der Waals surface area contributed by atoms with Crippen molar-refractivity contribution in [3.8, 4) is 11.5 Å². The van der Waals surface area contributed by atoms with E-state index in [9.17, 15) is 0 Å². The molecule has 1 aromatic rings. The van der Waals surface area contributed by atoms with Crippen LogP contribution in [0.15, 0.2) is 22.9 Å². The second-order valence-electron chi connectivity index (χ2n) is 2.77. The Labute approximate surface area is 90.4 Å². The zero-order valence-corrected chi connectivity index (χ0v) is 9.21. The van der Waals surface area contributed by atoms with Gasteiger partial charge in [0.05, 0.1) is 13.4 Å². The summed E-state index contributed by atoms with van der Waals surface area (Å²) in [5, 5.41) is 0. The van der Waals surface area contributed by atoms with Crippen molar-refractivity contribution in [1.82, 2.24) is 0 Å². The molecule has 0 N–H and O–H groups in total. The fourth-order valence-electron chi connectivity index (χ4n) is 1.20. The summed E-state index contributed by atoms with van der Waals surface area (Å²) in [7, 11) is 1.61. The monoisotopic (exact) mass is 256 g/mol. The van der Waals surface area contributed by atoms with Crippen LogP contribution in [-0.2, 0) is 4.74 Å². The second-order valence-corrected chi connectivity index (χ2v) is 3.62. The van der Waals surface area contributed by atoms with Crippen molar-refractivity contribution in [3.05, 3.63) is 28.4 Å². The van der Waals surface area contributed by atoms with Crippen molar-refractivity contribution < 1.29 is 14.2 Å². The molecule has 0 saturated carbocycles. The third-order valence-electron chi connectivity index (χ3n) is 1.88. The summed E-state index contributed by atoms with van der Waals surface area (Å²) in [5.74, 6) is 1.54. The van der Waals surface area contributed by atoms with Crippen LogP contribution in [0.25, 0.3) is 6.08 Å². The lowest BCUT2D eigenvalue weighted by molar-refractivity contribution is 0.174. The van der Waals surface area contributed by atoms with Crippen LogP contribution in [-0.4, -0.2) is 13.9 Å². The zero-order valence-electron chi connectivity index (χ0n) is 7.62. The van der Waals surface area contributed by atoms with Gasteiger partial charge in [0.15, 0.2) is 11.5 Å². The summed E-state index contributed by atoms with van der Waals surface area (Å²) >= 11 is 3.44. The Hall–Kier alpha value is -1.16. The van der Waals surface area contributed by atoms with Crippen LogP contribution in [0.2, 0.25) is 0 Å². The second kappa shape index (κ2) is 3.92. The average molecular weight is 257 g/mol. The predicted molar refractivity (Wildman–Crippen MR) is 56.3 cm³/mol. The lowest BCUT2D eigenvalue weighted by atomic mass is 10.2. The quantitative estimate of drug-likeness (QED) is 0.762. The first-order valence-electron chi connectivity index (χ1n) is 4.10. The van der Waals surface area contributed by atoms with E-state index in [2.05, 4.69) is 15.9 Å². The fourth-order valence-corrected chi connectivity index (χ4v) is 1.66. The Kier molecular flexibility index (Phi) is 2.63. The summed E-state index contributed by atoms with van der Waals surface area (Å²) in [6.07, 6.45) is 3.47. The molecule has 1 heterocycles. The van der Waals surface area contributed by atoms with Crippen LogP contribution >= 0.6 is 15.9 Å². The maximum absolute atomic E-state index is 5.26. The maximum Gasteiger partial charge on any atom is 0.231 e. The molecule has 4 heteroatoms. The van der Waals surface area contributed by atoms with Gasteiger partial charge in [-0.1, -0.05) is 15.9 Å². The SMILES string of the molecule is CO/C=C/c1cc2c(cc1Br)OCO2. The Balaban J connectivity index is 2.37. The third kappa shape index (κ3) is 1.70. The van der Waals surface area contributed by atoms with Crippen LogP contribution in [0.5, 0.6) is 11.5 Å². The molecule has 14 heavy (non-hydrogen) atoms. The average Bonchev–Trinajstić information content (AvgIpc) is 2.61. The Morgan fingerprint density at radius 3 is 2.79 bits per heavy atom. The molecule has 0 amide bonds. The van der Waals surface area contributed by atoms with Crippen molar-refractivity contribution in [2.24, 2.45) is 0 Å². The maximum atomic E-state index is 5.26. The molecule has 1 aliphatic heterocycles. The molecule has 0 atom stereocenters. The van der Waals surface area contributed by atoms with Gasteiger partial charge in [-0.2, -0.15) is 0 Å². The van der Waals surface area contributed by atoms with Gasteiger partial charge in [-0.3, -0.25) is 0 Å². The lowest BCUT2D eigenvalue weighted by Gasteiger charge is -2.01. The van der Waals surface area contributed by atoms with Crippen molar-refractivity contribution >= 4 is 22.0 Å². The van der Waals surface area contributed by atoms with Crippen molar-refractivity contribution in [3.63, 3.8) is 0 Å². The van der Waals surface area contributed by atoms with E-state index >= 15 is 0 Å². The Morgan fingerprint density at radius 2 is 2.07 bits per heavy atom. The molecule has 0 aliphatic carbocycles. The number of ether oxygens (including phenoxy) is 3. The minimum atomic E-state index is 0.291. The van der Waals surface area contributed by atoms with Gasteiger partial charge in [0, 0.05) is 4.47 Å². The third-order valence-corrected chi connectivity index (χ3v) is 2.56. The first-order valence-corrected chi connectivity index (χ1v) is 4.89. The number of fused-ring (bicyclic) bond motifs is 1. The van der Waals surface area contributed by atoms with Gasteiger partial charge in [-0.05, 0) is 23.8 Å². The molecule has 0 fully saturated rings. The summed E-state index contributed by atoms with van der Waals surface area (Å²) in [6.45, 7) is 0.291. The molecule has 0 saturated heterocycles. The highest BCUT2D eigenvalue weighted by molar-refractivity contribution is 9.10. The highest BCUT2D eigenvalue weighted by Crippen LogP contribution is 2.37. The minimum absolute atomic E-state index is 0.291. The summed E-state index contributed by atoms with van der Waals surface area (Å²) in [6, 6.07) is 3.79. The van der Waals surface area contributed by atoms with E-state index in [-0.39, 0.29) is 0 Å². The van der Waals surface area contributed by atoms with E-state index in [4.69, 9.17) is 14.2 Å². The van der Waals surface area contributed by atoms with Gasteiger partial charge in [0.25, 0.3) is 0 Å². The fraction of sp³-hybridized carbons (Fsp3) is 0.200. The molecular formula is C10H9BrO3. The molecule has 0 unspecified atom stereocenters. The largest absolute Gasteiger partial charge is 0.504 e. The molecule has 0 spiro atoms. The lowest BCUT2D eigenvalue weighted by Crippen LogP contribution is -1.92. The number of halogens is 1. The van der Waals surface area contributed by atoms with E-state index in [1.54, 1.807) is 13.4 Å². The van der Waals surface area contributed by atoms with E-state index in [1.807, 2.05) is 18.2 Å². The van der Waals surface area contributed by atoms with E-state index in [1.165, 1.54) is 0 Å². The molecule has 0 bridgehead atoms.